The molecule has 31 heavy (non-hydrogen) atoms. The number of thiazole rings is 1. The topological polar surface area (TPSA) is 111 Å². The molecular weight excluding hydrogens is 414 g/mol. The third-order valence-electron chi connectivity index (χ3n) is 5.77. The number of likely N-dealkylation sites (tertiary alicyclic amines) is 1. The summed E-state index contributed by atoms with van der Waals surface area (Å²) in [6.07, 6.45) is 1.26. The third-order valence-corrected chi connectivity index (χ3v) is 6.64. The third kappa shape index (κ3) is 4.47. The zero-order valence-corrected chi connectivity index (χ0v) is 18.8. The largest absolute Gasteiger partial charge is 0.395 e. The van der Waals surface area contributed by atoms with Gasteiger partial charge in [-0.1, -0.05) is 13.8 Å². The number of carbonyl (C=O) groups is 2. The first kappa shape index (κ1) is 21.5. The molecule has 3 N–H and O–H groups in total. The van der Waals surface area contributed by atoms with Crippen LogP contribution in [0.1, 0.15) is 48.6 Å². The number of aromatic amines is 1. The molecular formula is C22H27N5O3S. The average Bonchev–Trinajstić information content (AvgIpc) is 3.39. The van der Waals surface area contributed by atoms with Gasteiger partial charge < -0.3 is 20.3 Å². The van der Waals surface area contributed by atoms with Crippen molar-refractivity contribution in [2.45, 2.75) is 39.0 Å². The molecule has 0 bridgehead atoms. The molecule has 0 spiro atoms. The summed E-state index contributed by atoms with van der Waals surface area (Å²) in [5, 5.41) is 15.0. The lowest BCUT2D eigenvalue weighted by molar-refractivity contribution is -0.121. The molecule has 4 rings (SSSR count). The van der Waals surface area contributed by atoms with E-state index in [0.717, 1.165) is 16.7 Å². The number of imidazole rings is 1. The van der Waals surface area contributed by atoms with Crippen molar-refractivity contribution in [2.24, 2.45) is 5.92 Å². The van der Waals surface area contributed by atoms with Gasteiger partial charge in [-0.15, -0.1) is 11.3 Å². The number of amides is 2. The van der Waals surface area contributed by atoms with Gasteiger partial charge in [0, 0.05) is 35.4 Å². The summed E-state index contributed by atoms with van der Waals surface area (Å²) in [5.74, 6) is 0.497. The zero-order chi connectivity index (χ0) is 22.2. The van der Waals surface area contributed by atoms with Crippen LogP contribution in [0.3, 0.4) is 0 Å². The molecule has 9 heteroatoms. The molecule has 2 aromatic heterocycles. The van der Waals surface area contributed by atoms with Crippen LogP contribution < -0.4 is 5.32 Å². The van der Waals surface area contributed by atoms with Crippen LogP contribution in [0.15, 0.2) is 23.6 Å². The van der Waals surface area contributed by atoms with Gasteiger partial charge in [0.1, 0.15) is 5.82 Å². The van der Waals surface area contributed by atoms with Crippen molar-refractivity contribution in [1.29, 1.82) is 0 Å². The van der Waals surface area contributed by atoms with E-state index in [9.17, 15) is 14.7 Å². The Hall–Kier alpha value is -2.78. The number of hydrogen-bond donors (Lipinski definition) is 3. The number of aliphatic hydroxyl groups excluding tert-OH is 1. The summed E-state index contributed by atoms with van der Waals surface area (Å²) in [7, 11) is 0. The number of carbonyl (C=O) groups excluding carboxylic acids is 2. The van der Waals surface area contributed by atoms with Crippen LogP contribution in [0.5, 0.6) is 0 Å². The number of hydrogen-bond acceptors (Lipinski definition) is 6. The Morgan fingerprint density at radius 2 is 2.03 bits per heavy atom. The first-order chi connectivity index (χ1) is 14.8. The number of rotatable bonds is 5. The second-order valence-corrected chi connectivity index (χ2v) is 9.57. The van der Waals surface area contributed by atoms with E-state index in [1.807, 2.05) is 38.3 Å². The number of aromatic nitrogens is 3. The van der Waals surface area contributed by atoms with Gasteiger partial charge >= 0.3 is 0 Å². The van der Waals surface area contributed by atoms with Crippen molar-refractivity contribution in [3.8, 4) is 0 Å². The Balaban J connectivity index is 1.40. The minimum Gasteiger partial charge on any atom is -0.395 e. The van der Waals surface area contributed by atoms with Gasteiger partial charge in [0.25, 0.3) is 5.91 Å². The van der Waals surface area contributed by atoms with E-state index in [4.69, 9.17) is 0 Å². The number of fused-ring (bicyclic) bond motifs is 1. The van der Waals surface area contributed by atoms with Crippen LogP contribution in [0.4, 0.5) is 5.13 Å². The maximum absolute atomic E-state index is 13.0. The van der Waals surface area contributed by atoms with Crippen molar-refractivity contribution in [2.75, 3.05) is 25.0 Å². The average molecular weight is 442 g/mol. The van der Waals surface area contributed by atoms with Crippen LogP contribution in [-0.4, -0.2) is 56.5 Å². The molecule has 1 aliphatic heterocycles. The summed E-state index contributed by atoms with van der Waals surface area (Å²) in [6, 6.07) is 5.42. The smallest absolute Gasteiger partial charge is 0.253 e. The number of aliphatic hydroxyl groups is 1. The normalized spacial score (nSPS) is 15.4. The zero-order valence-electron chi connectivity index (χ0n) is 17.9. The Morgan fingerprint density at radius 1 is 1.29 bits per heavy atom. The van der Waals surface area contributed by atoms with Crippen LogP contribution in [0, 0.1) is 12.8 Å². The Labute approximate surface area is 184 Å². The molecule has 0 radical (unpaired) electrons. The van der Waals surface area contributed by atoms with Gasteiger partial charge in [0.05, 0.1) is 23.3 Å². The Bertz CT molecular complexity index is 1110. The number of nitrogens with one attached hydrogen (secondary N) is 2. The lowest BCUT2D eigenvalue weighted by Gasteiger charge is -2.31. The highest BCUT2D eigenvalue weighted by Gasteiger charge is 2.29. The fourth-order valence-corrected chi connectivity index (χ4v) is 4.38. The van der Waals surface area contributed by atoms with Gasteiger partial charge in [0.2, 0.25) is 5.91 Å². The quantitative estimate of drug-likeness (QED) is 0.563. The first-order valence-electron chi connectivity index (χ1n) is 10.4. The Kier molecular flexibility index (Phi) is 5.81. The monoisotopic (exact) mass is 441 g/mol. The molecule has 2 amide bonds. The molecule has 164 valence electrons. The van der Waals surface area contributed by atoms with Gasteiger partial charge in [-0.3, -0.25) is 9.59 Å². The van der Waals surface area contributed by atoms with E-state index in [-0.39, 0.29) is 24.3 Å². The number of H-pyrrole nitrogens is 1. The van der Waals surface area contributed by atoms with Crippen LogP contribution in [0.25, 0.3) is 11.0 Å². The summed E-state index contributed by atoms with van der Waals surface area (Å²) in [4.78, 5) is 39.4. The van der Waals surface area contributed by atoms with Crippen LogP contribution in [0.2, 0.25) is 0 Å². The standard InChI is InChI=1S/C22H27N5O3S/c1-13-11-31-21(23-13)26-18(29)14-6-8-27(9-7-14)19(30)15-4-5-16-17(10-15)25-20(24-16)22(2,3)12-28/h4-5,10-11,14,28H,6-9,12H2,1-3H3,(H,24,25)(H,23,26,29). The number of aryl methyl sites for hydroxylation is 1. The molecule has 8 nitrogen and oxygen atoms in total. The number of benzene rings is 1. The molecule has 3 aromatic rings. The van der Waals surface area contributed by atoms with Crippen LogP contribution >= 0.6 is 11.3 Å². The van der Waals surface area contributed by atoms with Crippen molar-refractivity contribution in [3.63, 3.8) is 0 Å². The Morgan fingerprint density at radius 3 is 2.68 bits per heavy atom. The van der Waals surface area contributed by atoms with E-state index in [1.54, 1.807) is 11.0 Å². The minimum absolute atomic E-state index is 0.0245. The lowest BCUT2D eigenvalue weighted by Crippen LogP contribution is -2.41. The summed E-state index contributed by atoms with van der Waals surface area (Å²) in [6.45, 7) is 6.77. The maximum atomic E-state index is 13.0. The van der Waals surface area contributed by atoms with E-state index >= 15 is 0 Å². The second-order valence-electron chi connectivity index (χ2n) is 8.71. The minimum atomic E-state index is -0.483. The number of anilines is 1. The van der Waals surface area contributed by atoms with Crippen LogP contribution in [-0.2, 0) is 10.2 Å². The highest BCUT2D eigenvalue weighted by molar-refractivity contribution is 7.13. The van der Waals surface area contributed by atoms with E-state index < -0.39 is 5.41 Å². The number of piperidine rings is 1. The highest BCUT2D eigenvalue weighted by atomic mass is 32.1. The molecule has 0 atom stereocenters. The lowest BCUT2D eigenvalue weighted by atomic mass is 9.94. The molecule has 0 unspecified atom stereocenters. The SMILES string of the molecule is Cc1csc(NC(=O)C2CCN(C(=O)c3ccc4nc(C(C)(C)CO)[nH]c4c3)CC2)n1. The van der Waals surface area contributed by atoms with Crippen molar-refractivity contribution >= 4 is 39.3 Å². The van der Waals surface area contributed by atoms with Gasteiger partial charge in [-0.2, -0.15) is 0 Å². The molecule has 3 heterocycles. The van der Waals surface area contributed by atoms with Crippen molar-refractivity contribution < 1.29 is 14.7 Å². The molecule has 1 fully saturated rings. The molecule has 1 aromatic carbocycles. The molecule has 0 saturated carbocycles. The first-order valence-corrected chi connectivity index (χ1v) is 11.3. The molecule has 1 saturated heterocycles. The van der Waals surface area contributed by atoms with Gasteiger partial charge in [0.15, 0.2) is 5.13 Å². The van der Waals surface area contributed by atoms with E-state index in [0.29, 0.717) is 42.5 Å². The molecule has 0 aliphatic carbocycles. The predicted octanol–water partition coefficient (Wildman–Crippen LogP) is 3.09. The number of nitrogens with zero attached hydrogens (tertiary/aromatic N) is 3. The van der Waals surface area contributed by atoms with Crippen molar-refractivity contribution in [3.05, 3.63) is 40.7 Å². The summed E-state index contributed by atoms with van der Waals surface area (Å²) in [5.41, 5.74) is 2.53. The van der Waals surface area contributed by atoms with E-state index in [1.165, 1.54) is 11.3 Å². The summed E-state index contributed by atoms with van der Waals surface area (Å²) < 4.78 is 0. The fraction of sp³-hybridized carbons (Fsp3) is 0.455. The van der Waals surface area contributed by atoms with Gasteiger partial charge in [-0.05, 0) is 38.0 Å². The van der Waals surface area contributed by atoms with Crippen molar-refractivity contribution in [1.82, 2.24) is 19.9 Å². The fourth-order valence-electron chi connectivity index (χ4n) is 3.68. The summed E-state index contributed by atoms with van der Waals surface area (Å²) >= 11 is 1.42. The van der Waals surface area contributed by atoms with Gasteiger partial charge in [-0.25, -0.2) is 9.97 Å². The molecule has 1 aliphatic rings. The second kappa shape index (κ2) is 8.39. The highest BCUT2D eigenvalue weighted by Crippen LogP contribution is 2.25. The predicted molar refractivity (Wildman–Crippen MR) is 120 cm³/mol. The van der Waals surface area contributed by atoms with E-state index in [2.05, 4.69) is 20.3 Å². The maximum Gasteiger partial charge on any atom is 0.253 e.